The van der Waals surface area contributed by atoms with Crippen molar-refractivity contribution < 1.29 is 22.7 Å². The van der Waals surface area contributed by atoms with Crippen molar-refractivity contribution in [1.29, 1.82) is 0 Å². The van der Waals surface area contributed by atoms with E-state index in [4.69, 9.17) is 16.3 Å². The van der Waals surface area contributed by atoms with Crippen molar-refractivity contribution >= 4 is 34.2 Å². The first-order valence-corrected chi connectivity index (χ1v) is 9.34. The molecule has 0 saturated heterocycles. The number of alkyl halides is 3. The number of nitrogens with one attached hydrogen (secondary N) is 1. The molecule has 1 N–H and O–H groups in total. The second-order valence-electron chi connectivity index (χ2n) is 6.48. The van der Waals surface area contributed by atoms with Gasteiger partial charge >= 0.3 is 6.18 Å². The number of fused-ring (bicyclic) bond motifs is 1. The van der Waals surface area contributed by atoms with E-state index >= 15 is 0 Å². The van der Waals surface area contributed by atoms with Gasteiger partial charge in [0.05, 0.1) is 21.6 Å². The maximum atomic E-state index is 13.0. The van der Waals surface area contributed by atoms with Crippen LogP contribution in [0.4, 0.5) is 18.9 Å². The zero-order valence-electron chi connectivity index (χ0n) is 15.7. The molecule has 1 amide bonds. The molecule has 0 atom stereocenters. The van der Waals surface area contributed by atoms with Gasteiger partial charge in [0, 0.05) is 29.7 Å². The first-order valence-electron chi connectivity index (χ1n) is 8.96. The average molecular weight is 444 g/mol. The third-order valence-electron chi connectivity index (χ3n) is 4.32. The molecular weight excluding hydrogens is 431 g/mol. The molecule has 5 nitrogen and oxygen atoms in total. The molecule has 4 rings (SSSR count). The molecule has 1 heterocycles. The SMILES string of the molecule is O=C(Nc1ccc(Oc2ccc3nccnc3c2)cc1)c1ccc(Cl)c(C(F)(F)F)c1. The standard InChI is InChI=1S/C22H13ClF3N3O2/c23-18-7-1-13(11-17(18)22(24,25)26)21(30)29-14-2-4-15(5-3-14)31-16-6-8-19-20(12-16)28-10-9-27-19/h1-12H,(H,29,30). The smallest absolute Gasteiger partial charge is 0.417 e. The molecule has 0 bridgehead atoms. The molecule has 0 aliphatic heterocycles. The van der Waals surface area contributed by atoms with Crippen molar-refractivity contribution in [3.8, 4) is 11.5 Å². The summed E-state index contributed by atoms with van der Waals surface area (Å²) in [5, 5.41) is 2.08. The van der Waals surface area contributed by atoms with Crippen molar-refractivity contribution in [2.75, 3.05) is 5.32 Å². The Balaban J connectivity index is 1.46. The minimum Gasteiger partial charge on any atom is -0.457 e. The summed E-state index contributed by atoms with van der Waals surface area (Å²) in [6.45, 7) is 0. The Bertz CT molecular complexity index is 1260. The highest BCUT2D eigenvalue weighted by atomic mass is 35.5. The zero-order chi connectivity index (χ0) is 22.0. The van der Waals surface area contributed by atoms with E-state index in [1.807, 2.05) is 0 Å². The van der Waals surface area contributed by atoms with Gasteiger partial charge in [0.25, 0.3) is 5.91 Å². The van der Waals surface area contributed by atoms with Gasteiger partial charge in [0.2, 0.25) is 0 Å². The summed E-state index contributed by atoms with van der Waals surface area (Å²) in [7, 11) is 0. The lowest BCUT2D eigenvalue weighted by Gasteiger charge is -2.11. The van der Waals surface area contributed by atoms with Crippen molar-refractivity contribution in [2.45, 2.75) is 6.18 Å². The summed E-state index contributed by atoms with van der Waals surface area (Å²) < 4.78 is 44.8. The van der Waals surface area contributed by atoms with Gasteiger partial charge in [-0.2, -0.15) is 13.2 Å². The summed E-state index contributed by atoms with van der Waals surface area (Å²) >= 11 is 5.59. The third-order valence-corrected chi connectivity index (χ3v) is 4.65. The summed E-state index contributed by atoms with van der Waals surface area (Å²) in [5.74, 6) is 0.377. The molecule has 0 radical (unpaired) electrons. The second-order valence-corrected chi connectivity index (χ2v) is 6.89. The number of halogens is 4. The number of carbonyl (C=O) groups excluding carboxylic acids is 1. The van der Waals surface area contributed by atoms with Gasteiger partial charge in [-0.25, -0.2) is 0 Å². The van der Waals surface area contributed by atoms with Crippen LogP contribution in [0.25, 0.3) is 11.0 Å². The second kappa shape index (κ2) is 8.23. The van der Waals surface area contributed by atoms with E-state index in [0.29, 0.717) is 22.7 Å². The van der Waals surface area contributed by atoms with E-state index in [0.717, 1.165) is 17.6 Å². The van der Waals surface area contributed by atoms with Gasteiger partial charge in [-0.3, -0.25) is 14.8 Å². The number of anilines is 1. The predicted molar refractivity (Wildman–Crippen MR) is 110 cm³/mol. The van der Waals surface area contributed by atoms with Crippen LogP contribution in [0.15, 0.2) is 73.1 Å². The fourth-order valence-electron chi connectivity index (χ4n) is 2.84. The zero-order valence-corrected chi connectivity index (χ0v) is 16.4. The van der Waals surface area contributed by atoms with Gasteiger partial charge in [0.15, 0.2) is 0 Å². The van der Waals surface area contributed by atoms with Gasteiger partial charge in [0.1, 0.15) is 11.5 Å². The molecule has 0 fully saturated rings. The van der Waals surface area contributed by atoms with E-state index in [9.17, 15) is 18.0 Å². The number of carbonyl (C=O) groups is 1. The Morgan fingerprint density at radius 3 is 2.26 bits per heavy atom. The van der Waals surface area contributed by atoms with Crippen molar-refractivity contribution in [2.24, 2.45) is 0 Å². The number of hydrogen-bond donors (Lipinski definition) is 1. The Morgan fingerprint density at radius 1 is 0.871 bits per heavy atom. The van der Waals surface area contributed by atoms with E-state index in [-0.39, 0.29) is 5.56 Å². The van der Waals surface area contributed by atoms with Crippen LogP contribution < -0.4 is 10.1 Å². The Hall–Kier alpha value is -3.65. The van der Waals surface area contributed by atoms with Gasteiger partial charge in [-0.1, -0.05) is 11.6 Å². The average Bonchev–Trinajstić information content (AvgIpc) is 2.74. The number of rotatable bonds is 4. The van der Waals surface area contributed by atoms with Crippen LogP contribution in [0, 0.1) is 0 Å². The van der Waals surface area contributed by atoms with Gasteiger partial charge < -0.3 is 10.1 Å². The van der Waals surface area contributed by atoms with Crippen LogP contribution in [0.2, 0.25) is 5.02 Å². The normalized spacial score (nSPS) is 11.4. The van der Waals surface area contributed by atoms with Crippen LogP contribution in [-0.4, -0.2) is 15.9 Å². The molecule has 0 unspecified atom stereocenters. The van der Waals surface area contributed by atoms with Crippen LogP contribution in [0.5, 0.6) is 11.5 Å². The van der Waals surface area contributed by atoms with Gasteiger partial charge in [-0.05, 0) is 54.6 Å². The third kappa shape index (κ3) is 4.75. The molecule has 9 heteroatoms. The van der Waals surface area contributed by atoms with Crippen molar-refractivity contribution in [3.63, 3.8) is 0 Å². The molecule has 0 aliphatic rings. The fraction of sp³-hybridized carbons (Fsp3) is 0.0455. The van der Waals surface area contributed by atoms with Crippen molar-refractivity contribution in [3.05, 3.63) is 89.2 Å². The Morgan fingerprint density at radius 2 is 1.55 bits per heavy atom. The molecule has 156 valence electrons. The minimum absolute atomic E-state index is 0.158. The minimum atomic E-state index is -4.65. The molecule has 0 aliphatic carbocycles. The maximum absolute atomic E-state index is 13.0. The number of hydrogen-bond acceptors (Lipinski definition) is 4. The largest absolute Gasteiger partial charge is 0.457 e. The quantitative estimate of drug-likeness (QED) is 0.399. The van der Waals surface area contributed by atoms with E-state index in [2.05, 4.69) is 15.3 Å². The Labute approximate surface area is 179 Å². The first-order chi connectivity index (χ1) is 14.8. The highest BCUT2D eigenvalue weighted by Crippen LogP contribution is 2.35. The first kappa shape index (κ1) is 20.6. The molecule has 1 aromatic heterocycles. The molecule has 31 heavy (non-hydrogen) atoms. The number of aromatic nitrogens is 2. The predicted octanol–water partition coefficient (Wildman–Crippen LogP) is 6.35. The topological polar surface area (TPSA) is 64.1 Å². The molecule has 4 aromatic rings. The molecule has 3 aromatic carbocycles. The number of ether oxygens (including phenoxy) is 1. The van der Waals surface area contributed by atoms with Crippen molar-refractivity contribution in [1.82, 2.24) is 9.97 Å². The lowest BCUT2D eigenvalue weighted by atomic mass is 10.1. The van der Waals surface area contributed by atoms with Crippen LogP contribution in [0.1, 0.15) is 15.9 Å². The monoisotopic (exact) mass is 443 g/mol. The summed E-state index contributed by atoms with van der Waals surface area (Å²) in [4.78, 5) is 20.7. The maximum Gasteiger partial charge on any atom is 0.417 e. The summed E-state index contributed by atoms with van der Waals surface area (Å²) in [6.07, 6.45) is -1.47. The van der Waals surface area contributed by atoms with E-state index in [1.165, 1.54) is 6.07 Å². The van der Waals surface area contributed by atoms with Crippen LogP contribution >= 0.6 is 11.6 Å². The Kier molecular flexibility index (Phi) is 5.48. The number of amides is 1. The fourth-order valence-corrected chi connectivity index (χ4v) is 3.06. The molecule has 0 saturated carbocycles. The molecular formula is C22H13ClF3N3O2. The summed E-state index contributed by atoms with van der Waals surface area (Å²) in [6, 6.07) is 14.7. The van der Waals surface area contributed by atoms with E-state index in [1.54, 1.807) is 54.9 Å². The van der Waals surface area contributed by atoms with Crippen LogP contribution in [0.3, 0.4) is 0 Å². The lowest BCUT2D eigenvalue weighted by molar-refractivity contribution is -0.137. The number of nitrogens with zero attached hydrogens (tertiary/aromatic N) is 2. The van der Waals surface area contributed by atoms with Crippen LogP contribution in [-0.2, 0) is 6.18 Å². The highest BCUT2D eigenvalue weighted by molar-refractivity contribution is 6.31. The van der Waals surface area contributed by atoms with E-state index < -0.39 is 22.7 Å². The summed E-state index contributed by atoms with van der Waals surface area (Å²) in [5.41, 5.74) is 0.596. The lowest BCUT2D eigenvalue weighted by Crippen LogP contribution is -2.14. The molecule has 0 spiro atoms. The van der Waals surface area contributed by atoms with Gasteiger partial charge in [-0.15, -0.1) is 0 Å². The highest BCUT2D eigenvalue weighted by Gasteiger charge is 2.33. The number of benzene rings is 3.